The summed E-state index contributed by atoms with van der Waals surface area (Å²) in [4.78, 5) is 49.6. The molecule has 0 radical (unpaired) electrons. The number of carbonyl (C=O) groups excluding carboxylic acids is 2. The van der Waals surface area contributed by atoms with Crippen molar-refractivity contribution >= 4 is 17.8 Å². The van der Waals surface area contributed by atoms with Crippen LogP contribution in [0.3, 0.4) is 0 Å². The first-order chi connectivity index (χ1) is 25.1. The van der Waals surface area contributed by atoms with Crippen molar-refractivity contribution in [3.63, 3.8) is 0 Å². The van der Waals surface area contributed by atoms with E-state index in [-0.39, 0.29) is 30.2 Å². The lowest BCUT2D eigenvalue weighted by Crippen LogP contribution is -2.49. The Morgan fingerprint density at radius 1 is 0.865 bits per heavy atom. The fourth-order valence-electron chi connectivity index (χ4n) is 6.39. The summed E-state index contributed by atoms with van der Waals surface area (Å²) < 4.78 is 5.90. The summed E-state index contributed by atoms with van der Waals surface area (Å²) >= 11 is 0. The van der Waals surface area contributed by atoms with E-state index in [0.29, 0.717) is 24.4 Å². The van der Waals surface area contributed by atoms with Crippen molar-refractivity contribution in [2.45, 2.75) is 90.5 Å². The molecule has 0 aliphatic carbocycles. The minimum atomic E-state index is -0.914. The normalized spacial score (nSPS) is 14.9. The van der Waals surface area contributed by atoms with Gasteiger partial charge in [-0.2, -0.15) is 0 Å². The van der Waals surface area contributed by atoms with Crippen LogP contribution in [-0.2, 0) is 21.4 Å². The summed E-state index contributed by atoms with van der Waals surface area (Å²) in [5.74, 6) is -0.725. The minimum Gasteiger partial charge on any atom is -0.494 e. The molecule has 2 heterocycles. The predicted molar refractivity (Wildman–Crippen MR) is 204 cm³/mol. The first-order valence-corrected chi connectivity index (χ1v) is 18.7. The number of hydrogen-bond acceptors (Lipinski definition) is 6. The van der Waals surface area contributed by atoms with E-state index >= 15 is 0 Å². The number of unbranched alkanes of at least 4 members (excludes halogenated alkanes) is 4. The molecule has 1 aliphatic heterocycles. The van der Waals surface area contributed by atoms with Gasteiger partial charge in [-0.3, -0.25) is 14.4 Å². The van der Waals surface area contributed by atoms with Gasteiger partial charge in [0, 0.05) is 48.6 Å². The van der Waals surface area contributed by atoms with Gasteiger partial charge in [0.2, 0.25) is 5.91 Å². The Hall–Kier alpha value is -5.05. The van der Waals surface area contributed by atoms with Crippen molar-refractivity contribution in [2.24, 2.45) is 5.92 Å². The molecule has 274 valence electrons. The zero-order valence-corrected chi connectivity index (χ0v) is 30.9. The van der Waals surface area contributed by atoms with E-state index in [0.717, 1.165) is 53.0 Å². The lowest BCUT2D eigenvalue weighted by atomic mass is 9.82. The van der Waals surface area contributed by atoms with Gasteiger partial charge >= 0.3 is 5.97 Å². The van der Waals surface area contributed by atoms with Crippen LogP contribution >= 0.6 is 0 Å². The number of nitrogens with one attached hydrogen (secondary N) is 1. The highest BCUT2D eigenvalue weighted by molar-refractivity contribution is 5.97. The van der Waals surface area contributed by atoms with Gasteiger partial charge in [0.05, 0.1) is 12.5 Å². The van der Waals surface area contributed by atoms with Crippen LogP contribution in [0.4, 0.5) is 0 Å². The second-order valence-corrected chi connectivity index (χ2v) is 14.4. The Kier molecular flexibility index (Phi) is 13.2. The van der Waals surface area contributed by atoms with Gasteiger partial charge in [0.1, 0.15) is 11.8 Å². The predicted octanol–water partition coefficient (Wildman–Crippen LogP) is 8.12. The molecule has 0 spiro atoms. The molecule has 2 atom stereocenters. The molecule has 2 N–H and O–H groups in total. The first-order valence-electron chi connectivity index (χ1n) is 18.7. The van der Waals surface area contributed by atoms with Gasteiger partial charge in [-0.15, -0.1) is 0 Å². The Labute approximate surface area is 307 Å². The molecule has 0 bridgehead atoms. The van der Waals surface area contributed by atoms with Crippen molar-refractivity contribution in [3.8, 4) is 28.3 Å². The van der Waals surface area contributed by atoms with Crippen LogP contribution in [0.15, 0.2) is 85.2 Å². The molecular weight excluding hydrogens is 652 g/mol. The molecular formula is C43H52N4O5. The number of ether oxygens (including phenoxy) is 1. The number of aromatic nitrogens is 2. The maximum absolute atomic E-state index is 13.7. The Morgan fingerprint density at radius 2 is 1.52 bits per heavy atom. The molecule has 9 heteroatoms. The topological polar surface area (TPSA) is 122 Å². The maximum atomic E-state index is 13.7. The van der Waals surface area contributed by atoms with Crippen LogP contribution in [0, 0.1) is 5.92 Å². The Morgan fingerprint density at radius 3 is 2.13 bits per heavy atom. The molecule has 2 amide bonds. The second-order valence-electron chi connectivity index (χ2n) is 14.4. The summed E-state index contributed by atoms with van der Waals surface area (Å²) in [7, 11) is 0. The molecule has 2 unspecified atom stereocenters. The lowest BCUT2D eigenvalue weighted by molar-refractivity contribution is -0.141. The molecule has 1 saturated heterocycles. The minimum absolute atomic E-state index is 0.0160. The van der Waals surface area contributed by atoms with Gasteiger partial charge in [0.25, 0.3) is 5.91 Å². The third kappa shape index (κ3) is 10.0. The highest BCUT2D eigenvalue weighted by atomic mass is 16.5. The van der Waals surface area contributed by atoms with Gasteiger partial charge in [-0.05, 0) is 65.6 Å². The second kappa shape index (κ2) is 17.9. The molecule has 52 heavy (non-hydrogen) atoms. The molecule has 3 aromatic carbocycles. The number of hydrogen-bond donors (Lipinski definition) is 2. The summed E-state index contributed by atoms with van der Waals surface area (Å²) in [6, 6.07) is 22.3. The van der Waals surface area contributed by atoms with Gasteiger partial charge < -0.3 is 20.1 Å². The summed E-state index contributed by atoms with van der Waals surface area (Å²) in [5, 5.41) is 12.5. The average molecular weight is 705 g/mol. The number of carbonyl (C=O) groups is 3. The van der Waals surface area contributed by atoms with E-state index in [4.69, 9.17) is 4.74 Å². The van der Waals surface area contributed by atoms with Gasteiger partial charge in [-0.1, -0.05) is 102 Å². The third-order valence-electron chi connectivity index (χ3n) is 10.3. The van der Waals surface area contributed by atoms with E-state index < -0.39 is 17.9 Å². The summed E-state index contributed by atoms with van der Waals surface area (Å²) in [5.41, 5.74) is 5.16. The zero-order chi connectivity index (χ0) is 37.1. The van der Waals surface area contributed by atoms with E-state index in [1.807, 2.05) is 60.7 Å². The van der Waals surface area contributed by atoms with E-state index in [1.165, 1.54) is 25.7 Å². The fourth-order valence-corrected chi connectivity index (χ4v) is 6.39. The quantitative estimate of drug-likeness (QED) is 0.107. The van der Waals surface area contributed by atoms with Gasteiger partial charge in [-0.25, -0.2) is 9.97 Å². The third-order valence-corrected chi connectivity index (χ3v) is 10.3. The van der Waals surface area contributed by atoms with E-state index in [2.05, 4.69) is 43.0 Å². The van der Waals surface area contributed by atoms with E-state index in [1.54, 1.807) is 29.4 Å². The van der Waals surface area contributed by atoms with Crippen molar-refractivity contribution in [2.75, 3.05) is 19.7 Å². The van der Waals surface area contributed by atoms with Crippen LogP contribution in [0.5, 0.6) is 5.75 Å². The van der Waals surface area contributed by atoms with Crippen molar-refractivity contribution in [3.05, 3.63) is 102 Å². The summed E-state index contributed by atoms with van der Waals surface area (Å²) in [6.07, 6.45) is 11.2. The Balaban J connectivity index is 1.24. The summed E-state index contributed by atoms with van der Waals surface area (Å²) in [6.45, 7) is 9.87. The zero-order valence-electron chi connectivity index (χ0n) is 30.9. The number of amides is 2. The standard InChI is InChI=1S/C43H52N4O5/c1-5-7-8-9-10-25-52-37-21-17-31(18-22-37)35-27-44-39(45-28-35)32-13-11-30(12-14-32)26-38(41(49)47-24-23-34(29-47)42(50)51)46-40(48)33-15-19-36(20-16-33)43(3,4)6-2/h11-22,27-28,34,38H,5-10,23-26,29H2,1-4H3,(H,46,48)(H,50,51). The smallest absolute Gasteiger partial charge is 0.308 e. The first kappa shape index (κ1) is 38.2. The van der Waals surface area contributed by atoms with Crippen LogP contribution in [0.1, 0.15) is 94.1 Å². The van der Waals surface area contributed by atoms with Gasteiger partial charge in [0.15, 0.2) is 5.82 Å². The molecule has 1 aromatic heterocycles. The van der Waals surface area contributed by atoms with Crippen LogP contribution < -0.4 is 10.1 Å². The SMILES string of the molecule is CCCCCCCOc1ccc(-c2cnc(-c3ccc(CC(NC(=O)c4ccc(C(C)(C)CC)cc4)C(=O)N4CCC(C(=O)O)C4)cc3)nc2)cc1. The Bertz CT molecular complexity index is 1770. The largest absolute Gasteiger partial charge is 0.494 e. The molecule has 0 saturated carbocycles. The van der Waals surface area contributed by atoms with Crippen LogP contribution in [0.2, 0.25) is 0 Å². The number of carboxylic acids is 1. The maximum Gasteiger partial charge on any atom is 0.308 e. The fraction of sp³-hybridized carbons (Fsp3) is 0.419. The lowest BCUT2D eigenvalue weighted by Gasteiger charge is -2.25. The van der Waals surface area contributed by atoms with Crippen LogP contribution in [0.25, 0.3) is 22.5 Å². The molecule has 5 rings (SSSR count). The number of nitrogens with zero attached hydrogens (tertiary/aromatic N) is 3. The number of carboxylic acid groups (broad SMARTS) is 1. The molecule has 1 aliphatic rings. The number of aliphatic carboxylic acids is 1. The highest BCUT2D eigenvalue weighted by Crippen LogP contribution is 2.27. The monoisotopic (exact) mass is 704 g/mol. The molecule has 9 nitrogen and oxygen atoms in total. The number of rotatable bonds is 17. The number of likely N-dealkylation sites (tertiary alicyclic amines) is 1. The average Bonchev–Trinajstić information content (AvgIpc) is 3.67. The van der Waals surface area contributed by atoms with E-state index in [9.17, 15) is 19.5 Å². The number of benzene rings is 3. The molecule has 1 fully saturated rings. The van der Waals surface area contributed by atoms with Crippen molar-refractivity contribution in [1.29, 1.82) is 0 Å². The van der Waals surface area contributed by atoms with Crippen molar-refractivity contribution in [1.82, 2.24) is 20.2 Å². The van der Waals surface area contributed by atoms with Crippen LogP contribution in [-0.4, -0.2) is 63.5 Å². The highest BCUT2D eigenvalue weighted by Gasteiger charge is 2.35. The van der Waals surface area contributed by atoms with Crippen molar-refractivity contribution < 1.29 is 24.2 Å². The molecule has 4 aromatic rings.